The number of carbonyl (C=O) groups is 1. The fourth-order valence-electron chi connectivity index (χ4n) is 3.26. The molecule has 0 atom stereocenters. The normalized spacial score (nSPS) is 14.3. The molecule has 1 aliphatic rings. The van der Waals surface area contributed by atoms with E-state index in [1.165, 1.54) is 10.4 Å². The van der Waals surface area contributed by atoms with E-state index in [4.69, 9.17) is 4.74 Å². The number of carbonyl (C=O) groups excluding carboxylic acids is 1. The second-order valence-electron chi connectivity index (χ2n) is 6.74. The van der Waals surface area contributed by atoms with Crippen molar-refractivity contribution in [3.05, 3.63) is 64.7 Å². The Balaban J connectivity index is 1.53. The highest BCUT2D eigenvalue weighted by Gasteiger charge is 2.26. The van der Waals surface area contributed by atoms with E-state index in [2.05, 4.69) is 5.32 Å². The summed E-state index contributed by atoms with van der Waals surface area (Å²) in [5, 5.41) is 2.37. The maximum atomic E-state index is 13.6. The summed E-state index contributed by atoms with van der Waals surface area (Å²) < 4.78 is 59.0. The number of amides is 1. The molecule has 2 aromatic rings. The summed E-state index contributed by atoms with van der Waals surface area (Å²) >= 11 is 0. The molecule has 3 rings (SSSR count). The zero-order valence-electron chi connectivity index (χ0n) is 16.0. The van der Waals surface area contributed by atoms with Gasteiger partial charge in [0.15, 0.2) is 0 Å². The van der Waals surface area contributed by atoms with Crippen molar-refractivity contribution in [2.45, 2.75) is 19.4 Å². The number of benzene rings is 2. The summed E-state index contributed by atoms with van der Waals surface area (Å²) in [4.78, 5) is 11.9. The minimum atomic E-state index is -3.52. The van der Waals surface area contributed by atoms with Crippen LogP contribution >= 0.6 is 0 Å². The molecule has 29 heavy (non-hydrogen) atoms. The first-order valence-electron chi connectivity index (χ1n) is 9.17. The van der Waals surface area contributed by atoms with Gasteiger partial charge in [0.2, 0.25) is 10.0 Å². The van der Waals surface area contributed by atoms with Crippen LogP contribution in [0.1, 0.15) is 27.9 Å². The molecule has 1 aliphatic heterocycles. The smallest absolute Gasteiger partial charge is 0.257 e. The van der Waals surface area contributed by atoms with Gasteiger partial charge in [-0.2, -0.15) is 4.31 Å². The van der Waals surface area contributed by atoms with Gasteiger partial charge in [-0.1, -0.05) is 12.1 Å². The predicted octanol–water partition coefficient (Wildman–Crippen LogP) is 2.48. The molecule has 0 fully saturated rings. The molecule has 1 N–H and O–H groups in total. The number of sulfonamides is 1. The summed E-state index contributed by atoms with van der Waals surface area (Å²) in [6, 6.07) is 8.72. The Labute approximate surface area is 168 Å². The zero-order chi connectivity index (χ0) is 21.0. The van der Waals surface area contributed by atoms with Crippen LogP contribution in [-0.2, 0) is 23.0 Å². The Hall–Kier alpha value is -2.52. The lowest BCUT2D eigenvalue weighted by atomic mass is 10.0. The first kappa shape index (κ1) is 21.2. The Morgan fingerprint density at radius 3 is 2.59 bits per heavy atom. The Bertz CT molecular complexity index is 991. The molecule has 0 unspecified atom stereocenters. The number of methoxy groups -OCH3 is 1. The molecule has 6 nitrogen and oxygen atoms in total. The largest absolute Gasteiger partial charge is 0.497 e. The molecular weight excluding hydrogens is 402 g/mol. The second kappa shape index (κ2) is 8.87. The quantitative estimate of drug-likeness (QED) is 0.693. The number of ether oxygens (including phenoxy) is 1. The van der Waals surface area contributed by atoms with Crippen LogP contribution in [0.5, 0.6) is 5.75 Å². The number of nitrogens with one attached hydrogen (secondary N) is 1. The zero-order valence-corrected chi connectivity index (χ0v) is 16.8. The van der Waals surface area contributed by atoms with Crippen LogP contribution in [0.2, 0.25) is 0 Å². The van der Waals surface area contributed by atoms with Crippen molar-refractivity contribution >= 4 is 15.9 Å². The lowest BCUT2D eigenvalue weighted by molar-refractivity contribution is 0.0945. The van der Waals surface area contributed by atoms with Gasteiger partial charge in [0, 0.05) is 19.6 Å². The van der Waals surface area contributed by atoms with Crippen LogP contribution < -0.4 is 10.1 Å². The van der Waals surface area contributed by atoms with Crippen molar-refractivity contribution in [1.82, 2.24) is 9.62 Å². The van der Waals surface area contributed by atoms with Gasteiger partial charge >= 0.3 is 0 Å². The molecular formula is C20H22F2N2O4S. The number of nitrogens with zero attached hydrogens (tertiary/aromatic N) is 1. The number of hydrogen-bond donors (Lipinski definition) is 1. The first-order chi connectivity index (χ1) is 13.8. The van der Waals surface area contributed by atoms with Gasteiger partial charge in [-0.15, -0.1) is 0 Å². The van der Waals surface area contributed by atoms with Crippen LogP contribution in [0.3, 0.4) is 0 Å². The van der Waals surface area contributed by atoms with E-state index >= 15 is 0 Å². The number of halogens is 2. The topological polar surface area (TPSA) is 75.7 Å². The standard InChI is InChI=1S/C20H22F2N2O4S/c1-28-16-7-6-15-13-24(10-8-14(15)12-16)29(26,27)11-3-9-23-20(25)19-17(21)4-2-5-18(19)22/h2,4-7,12H,3,8-11,13H2,1H3,(H,23,25). The SMILES string of the molecule is COc1ccc2c(c1)CCN(S(=O)(=O)CCCNC(=O)c1c(F)cccc1F)C2. The third kappa shape index (κ3) is 4.91. The van der Waals surface area contributed by atoms with Crippen molar-refractivity contribution in [2.75, 3.05) is 26.0 Å². The van der Waals surface area contributed by atoms with Gasteiger partial charge < -0.3 is 10.1 Å². The van der Waals surface area contributed by atoms with E-state index in [9.17, 15) is 22.0 Å². The molecule has 0 radical (unpaired) electrons. The summed E-state index contributed by atoms with van der Waals surface area (Å²) in [5.41, 5.74) is 1.33. The van der Waals surface area contributed by atoms with E-state index in [1.54, 1.807) is 13.2 Å². The van der Waals surface area contributed by atoms with Crippen molar-refractivity contribution in [3.8, 4) is 5.75 Å². The number of fused-ring (bicyclic) bond motifs is 1. The first-order valence-corrected chi connectivity index (χ1v) is 10.8. The van der Waals surface area contributed by atoms with Gasteiger partial charge in [-0.05, 0) is 48.2 Å². The molecule has 156 valence electrons. The molecule has 1 amide bonds. The van der Waals surface area contributed by atoms with Crippen LogP contribution in [0, 0.1) is 11.6 Å². The molecule has 2 aromatic carbocycles. The van der Waals surface area contributed by atoms with Crippen molar-refractivity contribution in [3.63, 3.8) is 0 Å². The van der Waals surface area contributed by atoms with Gasteiger partial charge in [0.1, 0.15) is 22.9 Å². The highest BCUT2D eigenvalue weighted by Crippen LogP contribution is 2.25. The van der Waals surface area contributed by atoms with Crippen LogP contribution in [0.4, 0.5) is 8.78 Å². The van der Waals surface area contributed by atoms with E-state index in [0.717, 1.165) is 29.0 Å². The number of rotatable bonds is 7. The minimum Gasteiger partial charge on any atom is -0.497 e. The highest BCUT2D eigenvalue weighted by molar-refractivity contribution is 7.89. The van der Waals surface area contributed by atoms with Crippen LogP contribution in [0.25, 0.3) is 0 Å². The van der Waals surface area contributed by atoms with Crippen LogP contribution in [-0.4, -0.2) is 44.6 Å². The van der Waals surface area contributed by atoms with E-state index in [0.29, 0.717) is 13.0 Å². The van der Waals surface area contributed by atoms with Gasteiger partial charge in [0.05, 0.1) is 12.9 Å². The van der Waals surface area contributed by atoms with E-state index in [1.807, 2.05) is 12.1 Å². The molecule has 0 spiro atoms. The second-order valence-corrected chi connectivity index (χ2v) is 8.83. The summed E-state index contributed by atoms with van der Waals surface area (Å²) in [7, 11) is -1.93. The van der Waals surface area contributed by atoms with Gasteiger partial charge in [-0.3, -0.25) is 4.79 Å². The molecule has 0 aromatic heterocycles. The van der Waals surface area contributed by atoms with Crippen molar-refractivity contribution in [1.29, 1.82) is 0 Å². The van der Waals surface area contributed by atoms with E-state index in [-0.39, 0.29) is 25.3 Å². The maximum Gasteiger partial charge on any atom is 0.257 e. The number of hydrogen-bond acceptors (Lipinski definition) is 4. The molecule has 0 bridgehead atoms. The van der Waals surface area contributed by atoms with Gasteiger partial charge in [0.25, 0.3) is 5.91 Å². The maximum absolute atomic E-state index is 13.6. The molecule has 0 saturated heterocycles. The Morgan fingerprint density at radius 1 is 1.17 bits per heavy atom. The third-order valence-electron chi connectivity index (χ3n) is 4.84. The summed E-state index contributed by atoms with van der Waals surface area (Å²) in [6.45, 7) is 0.650. The highest BCUT2D eigenvalue weighted by atomic mass is 32.2. The molecule has 9 heteroatoms. The lowest BCUT2D eigenvalue weighted by Gasteiger charge is -2.28. The van der Waals surface area contributed by atoms with Gasteiger partial charge in [-0.25, -0.2) is 17.2 Å². The Kier molecular flexibility index (Phi) is 6.49. The molecule has 1 heterocycles. The van der Waals surface area contributed by atoms with E-state index < -0.39 is 33.1 Å². The fourth-order valence-corrected chi connectivity index (χ4v) is 4.73. The van der Waals surface area contributed by atoms with Crippen molar-refractivity contribution in [2.24, 2.45) is 0 Å². The molecule has 0 aliphatic carbocycles. The summed E-state index contributed by atoms with van der Waals surface area (Å²) in [5.74, 6) is -2.25. The third-order valence-corrected chi connectivity index (χ3v) is 6.74. The average molecular weight is 424 g/mol. The Morgan fingerprint density at radius 2 is 1.90 bits per heavy atom. The fraction of sp³-hybridized carbons (Fsp3) is 0.350. The average Bonchev–Trinajstić information content (AvgIpc) is 2.70. The van der Waals surface area contributed by atoms with Crippen molar-refractivity contribution < 1.29 is 26.7 Å². The molecule has 0 saturated carbocycles. The lowest BCUT2D eigenvalue weighted by Crippen LogP contribution is -2.38. The predicted molar refractivity (Wildman–Crippen MR) is 104 cm³/mol. The monoisotopic (exact) mass is 424 g/mol. The van der Waals surface area contributed by atoms with Crippen LogP contribution in [0.15, 0.2) is 36.4 Å². The summed E-state index contributed by atoms with van der Waals surface area (Å²) in [6.07, 6.45) is 0.727. The minimum absolute atomic E-state index is 0.00648.